The summed E-state index contributed by atoms with van der Waals surface area (Å²) in [4.78, 5) is 0. The molecule has 0 atom stereocenters. The Morgan fingerprint density at radius 1 is 0.192 bits per heavy atom. The molecule has 2 heteroatoms. The number of hydrogen-bond acceptors (Lipinski definition) is 0. The molecular formula is C76H58Si2. The molecule has 0 bridgehead atoms. The van der Waals surface area contributed by atoms with Crippen molar-refractivity contribution in [2.45, 2.75) is 25.2 Å². The lowest BCUT2D eigenvalue weighted by atomic mass is 9.89. The molecule has 0 fully saturated rings. The van der Waals surface area contributed by atoms with Gasteiger partial charge in [-0.15, -0.1) is 0 Å². The van der Waals surface area contributed by atoms with Crippen LogP contribution in [0.5, 0.6) is 0 Å². The van der Waals surface area contributed by atoms with Crippen molar-refractivity contribution in [2.75, 3.05) is 0 Å². The molecule has 0 saturated carbocycles. The minimum atomic E-state index is -2.91. The third-order valence-electron chi connectivity index (χ3n) is 17.2. The molecule has 78 heavy (non-hydrogen) atoms. The molecule has 0 nitrogen and oxygen atoms in total. The first-order chi connectivity index (χ1) is 38.4. The van der Waals surface area contributed by atoms with Gasteiger partial charge in [0, 0.05) is 0 Å². The van der Waals surface area contributed by atoms with Crippen molar-refractivity contribution < 1.29 is 0 Å². The van der Waals surface area contributed by atoms with Crippen LogP contribution in [0.15, 0.2) is 291 Å². The highest BCUT2D eigenvalue weighted by Gasteiger charge is 2.52. The summed E-state index contributed by atoms with van der Waals surface area (Å²) in [6, 6.07) is 113. The first kappa shape index (κ1) is 47.5. The van der Waals surface area contributed by atoms with Crippen LogP contribution in [0.4, 0.5) is 0 Å². The van der Waals surface area contributed by atoms with E-state index in [0.29, 0.717) is 0 Å². The Morgan fingerprint density at radius 3 is 0.603 bits per heavy atom. The third-order valence-corrected chi connectivity index (χ3v) is 26.8. The largest absolute Gasteiger partial charge is 0.118 e. The van der Waals surface area contributed by atoms with Crippen LogP contribution in [0.25, 0.3) is 86.2 Å². The van der Waals surface area contributed by atoms with Gasteiger partial charge in [0.1, 0.15) is 16.1 Å². The highest BCUT2D eigenvalue weighted by molar-refractivity contribution is 7.17. The minimum absolute atomic E-state index is 1.03. The molecule has 12 aromatic carbocycles. The third kappa shape index (κ3) is 8.11. The zero-order valence-electron chi connectivity index (χ0n) is 44.1. The summed E-state index contributed by atoms with van der Waals surface area (Å²) in [5.41, 5.74) is 15.9. The fourth-order valence-corrected chi connectivity index (χ4v) is 25.6. The molecule has 2 aliphatic rings. The Labute approximate surface area is 460 Å². The fraction of sp³-hybridized carbons (Fsp3) is 0.0526. The fourth-order valence-electron chi connectivity index (χ4n) is 13.7. The first-order valence-electron chi connectivity index (χ1n) is 27.6. The van der Waals surface area contributed by atoms with Crippen molar-refractivity contribution in [1.82, 2.24) is 0 Å². The van der Waals surface area contributed by atoms with E-state index in [0.717, 1.165) is 12.1 Å². The Balaban J connectivity index is 1.10. The summed E-state index contributed by atoms with van der Waals surface area (Å²) < 4.78 is 0. The van der Waals surface area contributed by atoms with E-state index in [1.54, 1.807) is 0 Å². The molecule has 0 N–H and O–H groups in total. The molecule has 370 valence electrons. The second-order valence-electron chi connectivity index (χ2n) is 21.9. The molecule has 0 aromatic heterocycles. The van der Waals surface area contributed by atoms with E-state index in [-0.39, 0.29) is 0 Å². The van der Waals surface area contributed by atoms with Crippen molar-refractivity contribution in [3.63, 3.8) is 0 Å². The number of rotatable bonds is 11. The van der Waals surface area contributed by atoms with Gasteiger partial charge in [-0.2, -0.15) is 0 Å². The zero-order valence-corrected chi connectivity index (χ0v) is 46.1. The maximum absolute atomic E-state index is 2.91. The van der Waals surface area contributed by atoms with E-state index in [1.807, 2.05) is 0 Å². The Hall–Kier alpha value is -8.93. The van der Waals surface area contributed by atoms with E-state index >= 15 is 0 Å². The Kier molecular flexibility index (Phi) is 11.9. The van der Waals surface area contributed by atoms with Gasteiger partial charge in [0.2, 0.25) is 0 Å². The summed E-state index contributed by atoms with van der Waals surface area (Å²) in [5, 5.41) is 16.2. The molecular weight excluding hydrogens is 969 g/mol. The molecule has 0 radical (unpaired) electrons. The van der Waals surface area contributed by atoms with Gasteiger partial charge in [-0.1, -0.05) is 292 Å². The van der Waals surface area contributed by atoms with Crippen LogP contribution < -0.4 is 0 Å². The van der Waals surface area contributed by atoms with Crippen LogP contribution in [0.2, 0.25) is 25.2 Å². The van der Waals surface area contributed by atoms with Crippen LogP contribution in [-0.4, -0.2) is 16.1 Å². The summed E-state index contributed by atoms with van der Waals surface area (Å²) in [6.45, 7) is 5.51. The lowest BCUT2D eigenvalue weighted by Crippen LogP contribution is -2.39. The SMILES string of the molecule is C[Si]1(CC[Si]2(C)C(c3ccc4ccccc4c3)=C(c3ccccc3)C(c3ccccc3)=C2c2ccc3ccccc3c2)C(c2ccc3ccccc3c2)=C(c2ccccc2)C(c2ccccc2)=C1c1ccc2ccccc2c1. The van der Waals surface area contributed by atoms with Crippen LogP contribution in [-0.2, 0) is 0 Å². The monoisotopic (exact) mass is 1030 g/mol. The van der Waals surface area contributed by atoms with Crippen LogP contribution >= 0.6 is 0 Å². The van der Waals surface area contributed by atoms with E-state index in [4.69, 9.17) is 0 Å². The van der Waals surface area contributed by atoms with Crippen molar-refractivity contribution in [3.8, 4) is 0 Å². The normalized spacial score (nSPS) is 15.2. The van der Waals surface area contributed by atoms with Crippen LogP contribution in [0.3, 0.4) is 0 Å². The van der Waals surface area contributed by atoms with Gasteiger partial charge in [-0.25, -0.2) is 0 Å². The van der Waals surface area contributed by atoms with Crippen molar-refractivity contribution in [1.29, 1.82) is 0 Å². The highest BCUT2D eigenvalue weighted by atomic mass is 28.3. The highest BCUT2D eigenvalue weighted by Crippen LogP contribution is 2.62. The zero-order chi connectivity index (χ0) is 52.2. The molecule has 0 unspecified atom stereocenters. The van der Waals surface area contributed by atoms with Crippen molar-refractivity contribution in [2.24, 2.45) is 0 Å². The van der Waals surface area contributed by atoms with Crippen LogP contribution in [0, 0.1) is 0 Å². The molecule has 0 aliphatic carbocycles. The predicted molar refractivity (Wildman–Crippen MR) is 342 cm³/mol. The average Bonchev–Trinajstić information content (AvgIpc) is 3.65. The number of benzene rings is 12. The first-order valence-corrected chi connectivity index (χ1v) is 33.0. The maximum atomic E-state index is 2.75. The molecule has 2 heterocycles. The summed E-state index contributed by atoms with van der Waals surface area (Å²) in [7, 11) is -5.82. The molecule has 0 saturated heterocycles. The van der Waals surface area contributed by atoms with Gasteiger partial charge in [0.15, 0.2) is 0 Å². The number of fused-ring (bicyclic) bond motifs is 4. The molecule has 14 rings (SSSR count). The van der Waals surface area contributed by atoms with Crippen molar-refractivity contribution in [3.05, 3.63) is 336 Å². The van der Waals surface area contributed by atoms with E-state index < -0.39 is 16.1 Å². The van der Waals surface area contributed by atoms with Gasteiger partial charge >= 0.3 is 0 Å². The summed E-state index contributed by atoms with van der Waals surface area (Å²) >= 11 is 0. The van der Waals surface area contributed by atoms with Gasteiger partial charge in [-0.05, 0) is 155 Å². The topological polar surface area (TPSA) is 0 Å². The maximum Gasteiger partial charge on any atom is 0.118 e. The standard InChI is InChI=1S/C76H58Si2/c1-77(73(65-43-39-53-23-15-19-35-61(53)49-65)69(57-27-7-3-8-28-57)70(58-29-9-4-10-30-58)74(77)66-44-40-54-24-16-20-36-62(54)50-66)47-48-78(2)75(67-45-41-55-25-17-21-37-63(55)51-67)71(59-31-11-5-12-32-59)72(60-33-13-6-14-34-60)76(78)68-46-42-56-26-18-22-38-64(56)52-68/h3-46,49-52H,47-48H2,1-2H3. The Bertz CT molecular complexity index is 3860. The minimum Gasteiger partial charge on any atom is -0.0622 e. The smallest absolute Gasteiger partial charge is 0.0622 e. The van der Waals surface area contributed by atoms with Gasteiger partial charge in [-0.3, -0.25) is 0 Å². The Morgan fingerprint density at radius 2 is 0.385 bits per heavy atom. The molecule has 12 aromatic rings. The molecule has 0 spiro atoms. The molecule has 0 amide bonds. The lowest BCUT2D eigenvalue weighted by molar-refractivity contribution is 1.33. The molecule has 2 aliphatic heterocycles. The number of allylic oxidation sites excluding steroid dienone is 4. The average molecular weight is 1030 g/mol. The second kappa shape index (κ2) is 19.6. The summed E-state index contributed by atoms with van der Waals surface area (Å²) in [6.07, 6.45) is 0. The quantitative estimate of drug-likeness (QED) is 0.113. The van der Waals surface area contributed by atoms with Gasteiger partial charge in [0.25, 0.3) is 0 Å². The van der Waals surface area contributed by atoms with E-state index in [9.17, 15) is 0 Å². The summed E-state index contributed by atoms with van der Waals surface area (Å²) in [5.74, 6) is 0. The van der Waals surface area contributed by atoms with Crippen LogP contribution in [0.1, 0.15) is 44.5 Å². The van der Waals surface area contributed by atoms with Crippen molar-refractivity contribution >= 4 is 102 Å². The van der Waals surface area contributed by atoms with Gasteiger partial charge < -0.3 is 0 Å². The van der Waals surface area contributed by atoms with Gasteiger partial charge in [0.05, 0.1) is 0 Å². The van der Waals surface area contributed by atoms with E-state index in [1.165, 1.54) is 131 Å². The van der Waals surface area contributed by atoms with E-state index in [2.05, 4.69) is 304 Å². The predicted octanol–water partition coefficient (Wildman–Crippen LogP) is 20.4. The number of hydrogen-bond donors (Lipinski definition) is 0. The lowest BCUT2D eigenvalue weighted by Gasteiger charge is -2.37. The second-order valence-corrected chi connectivity index (χ2v) is 30.2.